The van der Waals surface area contributed by atoms with Gasteiger partial charge in [-0.05, 0) is 31.2 Å². The van der Waals surface area contributed by atoms with Gasteiger partial charge in [-0.3, -0.25) is 9.19 Å². The van der Waals surface area contributed by atoms with E-state index in [0.29, 0.717) is 5.52 Å². The normalized spacial score (nSPS) is 14.4. The summed E-state index contributed by atoms with van der Waals surface area (Å²) < 4.78 is 54.8. The topological polar surface area (TPSA) is 67.9 Å². The Balaban J connectivity index is 1.87. The number of nitrogens with one attached hydrogen (secondary N) is 1. The van der Waals surface area contributed by atoms with Gasteiger partial charge < -0.3 is 9.72 Å². The van der Waals surface area contributed by atoms with Crippen molar-refractivity contribution >= 4 is 21.8 Å². The molecule has 5 nitrogen and oxygen atoms in total. The van der Waals surface area contributed by atoms with E-state index in [2.05, 4.69) is 15.0 Å². The smallest absolute Gasteiger partial charge is 0.422 e. The fourth-order valence-electron chi connectivity index (χ4n) is 2.28. The molecule has 0 aliphatic heterocycles. The maximum atomic E-state index is 12.8. The number of benzene rings is 1. The van der Waals surface area contributed by atoms with Crippen molar-refractivity contribution in [2.45, 2.75) is 23.5 Å². The van der Waals surface area contributed by atoms with Gasteiger partial charge in [-0.15, -0.1) is 0 Å². The van der Waals surface area contributed by atoms with E-state index in [4.69, 9.17) is 4.74 Å². The van der Waals surface area contributed by atoms with E-state index in [1.165, 1.54) is 18.3 Å². The van der Waals surface area contributed by atoms with E-state index < -0.39 is 28.8 Å². The minimum absolute atomic E-state index is 0.0446. The summed E-state index contributed by atoms with van der Waals surface area (Å²) in [5.74, 6) is -0.0446. The highest BCUT2D eigenvalue weighted by Gasteiger charge is 2.30. The van der Waals surface area contributed by atoms with Crippen LogP contribution in [0.15, 0.2) is 47.8 Å². The van der Waals surface area contributed by atoms with Crippen molar-refractivity contribution in [3.8, 4) is 5.75 Å². The van der Waals surface area contributed by atoms with Gasteiger partial charge in [0.25, 0.3) is 0 Å². The lowest BCUT2D eigenvalue weighted by molar-refractivity contribution is -0.153. The monoisotopic (exact) mass is 369 g/mol. The predicted octanol–water partition coefficient (Wildman–Crippen LogP) is 3.77. The number of rotatable bonds is 5. The summed E-state index contributed by atoms with van der Waals surface area (Å²) in [6.07, 6.45) is -3.05. The van der Waals surface area contributed by atoms with Crippen LogP contribution in [0.4, 0.5) is 13.2 Å². The van der Waals surface area contributed by atoms with Crippen LogP contribution < -0.4 is 4.74 Å². The van der Waals surface area contributed by atoms with Crippen LogP contribution >= 0.6 is 0 Å². The van der Waals surface area contributed by atoms with Gasteiger partial charge in [-0.2, -0.15) is 13.2 Å². The largest absolute Gasteiger partial charge is 0.482 e. The average molecular weight is 369 g/mol. The molecule has 2 atom stereocenters. The number of alkyl halides is 3. The molecule has 132 valence electrons. The molecule has 0 radical (unpaired) electrons. The molecule has 1 aromatic carbocycles. The first-order valence-electron chi connectivity index (χ1n) is 7.35. The maximum Gasteiger partial charge on any atom is 0.422 e. The highest BCUT2D eigenvalue weighted by Crippen LogP contribution is 2.30. The fraction of sp³-hybridized carbons (Fsp3) is 0.250. The quantitative estimate of drug-likeness (QED) is 0.743. The van der Waals surface area contributed by atoms with Crippen LogP contribution in [0.25, 0.3) is 11.0 Å². The molecule has 2 unspecified atom stereocenters. The number of H-pyrrole nitrogens is 1. The summed E-state index contributed by atoms with van der Waals surface area (Å²) in [6, 6.07) is 10.0. The number of hydrogen-bond acceptors (Lipinski definition) is 4. The lowest BCUT2D eigenvalue weighted by Gasteiger charge is -2.15. The lowest BCUT2D eigenvalue weighted by Crippen LogP contribution is -2.20. The Morgan fingerprint density at radius 2 is 2.00 bits per heavy atom. The Bertz CT molecular complexity index is 878. The second-order valence-corrected chi connectivity index (χ2v) is 6.98. The summed E-state index contributed by atoms with van der Waals surface area (Å²) in [4.78, 5) is 11.3. The SMILES string of the molecule is CC(c1ncccc1OCC(F)(F)F)S(=O)c1nc2ccccc2[nH]1. The zero-order valence-electron chi connectivity index (χ0n) is 13.1. The molecule has 2 heterocycles. The number of halogens is 3. The third-order valence-corrected chi connectivity index (χ3v) is 4.90. The van der Waals surface area contributed by atoms with Crippen molar-refractivity contribution in [1.82, 2.24) is 15.0 Å². The first-order valence-corrected chi connectivity index (χ1v) is 8.56. The number of hydrogen-bond donors (Lipinski definition) is 1. The summed E-state index contributed by atoms with van der Waals surface area (Å²) in [5, 5.41) is -0.467. The molecule has 0 fully saturated rings. The fourth-order valence-corrected chi connectivity index (χ4v) is 3.40. The van der Waals surface area contributed by atoms with E-state index in [0.717, 1.165) is 5.52 Å². The van der Waals surface area contributed by atoms with E-state index in [1.54, 1.807) is 25.1 Å². The summed E-state index contributed by atoms with van der Waals surface area (Å²) in [6.45, 7) is 0.168. The van der Waals surface area contributed by atoms with Gasteiger partial charge in [0, 0.05) is 6.20 Å². The standard InChI is InChI=1S/C16H14F3N3O2S/c1-10(14-13(7-4-8-20-14)24-9-16(17,18)19)25(23)15-21-11-5-2-3-6-12(11)22-15/h2-8,10H,9H2,1H3,(H,21,22). The molecular weight excluding hydrogens is 355 g/mol. The van der Waals surface area contributed by atoms with Crippen LogP contribution in [-0.4, -0.2) is 31.9 Å². The Hall–Kier alpha value is -2.42. The molecule has 2 aromatic heterocycles. The molecule has 3 rings (SSSR count). The zero-order valence-corrected chi connectivity index (χ0v) is 13.9. The van der Waals surface area contributed by atoms with Gasteiger partial charge >= 0.3 is 6.18 Å². The van der Waals surface area contributed by atoms with E-state index >= 15 is 0 Å². The van der Waals surface area contributed by atoms with Crippen molar-refractivity contribution in [2.24, 2.45) is 0 Å². The van der Waals surface area contributed by atoms with Gasteiger partial charge in [0.15, 0.2) is 11.8 Å². The highest BCUT2D eigenvalue weighted by molar-refractivity contribution is 7.85. The molecule has 1 N–H and O–H groups in total. The third-order valence-electron chi connectivity index (χ3n) is 3.46. The minimum Gasteiger partial charge on any atom is -0.482 e. The summed E-state index contributed by atoms with van der Waals surface area (Å²) in [5.41, 5.74) is 1.57. The van der Waals surface area contributed by atoms with Gasteiger partial charge in [0.2, 0.25) is 0 Å². The van der Waals surface area contributed by atoms with Crippen molar-refractivity contribution in [3.05, 3.63) is 48.3 Å². The summed E-state index contributed by atoms with van der Waals surface area (Å²) >= 11 is 0. The van der Waals surface area contributed by atoms with Crippen LogP contribution in [0.3, 0.4) is 0 Å². The second kappa shape index (κ2) is 6.83. The number of pyridine rings is 1. The van der Waals surface area contributed by atoms with Gasteiger partial charge in [-0.25, -0.2) is 4.98 Å². The Morgan fingerprint density at radius 3 is 2.72 bits per heavy atom. The van der Waals surface area contributed by atoms with E-state index in [1.807, 2.05) is 6.07 Å². The molecule has 25 heavy (non-hydrogen) atoms. The number of imidazole rings is 1. The molecule has 3 aromatic rings. The van der Waals surface area contributed by atoms with Crippen LogP contribution in [0.5, 0.6) is 5.75 Å². The number of fused-ring (bicyclic) bond motifs is 1. The number of para-hydroxylation sites is 2. The van der Waals surface area contributed by atoms with Crippen LogP contribution in [0, 0.1) is 0 Å². The van der Waals surface area contributed by atoms with Crippen LogP contribution in [0.2, 0.25) is 0 Å². The van der Waals surface area contributed by atoms with Gasteiger partial charge in [0.1, 0.15) is 5.75 Å². The first kappa shape index (κ1) is 17.4. The first-order chi connectivity index (χ1) is 11.8. The predicted molar refractivity (Wildman–Crippen MR) is 86.7 cm³/mol. The summed E-state index contributed by atoms with van der Waals surface area (Å²) in [7, 11) is -1.64. The molecule has 0 spiro atoms. The molecule has 0 bridgehead atoms. The number of aromatic nitrogens is 3. The third kappa shape index (κ3) is 3.98. The zero-order chi connectivity index (χ0) is 18.0. The molecule has 0 saturated carbocycles. The Labute approximate surface area is 143 Å². The molecular formula is C16H14F3N3O2S. The van der Waals surface area contributed by atoms with Crippen LogP contribution in [0.1, 0.15) is 17.9 Å². The Morgan fingerprint density at radius 1 is 1.24 bits per heavy atom. The maximum absolute atomic E-state index is 12.8. The van der Waals surface area contributed by atoms with E-state index in [-0.39, 0.29) is 16.6 Å². The molecule has 0 saturated heterocycles. The average Bonchev–Trinajstić information content (AvgIpc) is 3.02. The van der Waals surface area contributed by atoms with Crippen LogP contribution in [-0.2, 0) is 10.8 Å². The second-order valence-electron chi connectivity index (χ2n) is 5.29. The van der Waals surface area contributed by atoms with Crippen molar-refractivity contribution < 1.29 is 22.1 Å². The Kier molecular flexibility index (Phi) is 4.76. The van der Waals surface area contributed by atoms with Gasteiger partial charge in [0.05, 0.1) is 32.8 Å². The molecule has 0 aliphatic rings. The molecule has 0 aliphatic carbocycles. The number of aromatic amines is 1. The highest BCUT2D eigenvalue weighted by atomic mass is 32.2. The molecule has 9 heteroatoms. The minimum atomic E-state index is -4.46. The molecule has 0 amide bonds. The number of nitrogens with zero attached hydrogens (tertiary/aromatic N) is 2. The number of ether oxygens (including phenoxy) is 1. The lowest BCUT2D eigenvalue weighted by atomic mass is 10.2. The van der Waals surface area contributed by atoms with Crippen molar-refractivity contribution in [1.29, 1.82) is 0 Å². The van der Waals surface area contributed by atoms with Crippen molar-refractivity contribution in [2.75, 3.05) is 6.61 Å². The van der Waals surface area contributed by atoms with Crippen molar-refractivity contribution in [3.63, 3.8) is 0 Å². The van der Waals surface area contributed by atoms with Gasteiger partial charge in [-0.1, -0.05) is 12.1 Å². The van der Waals surface area contributed by atoms with E-state index in [9.17, 15) is 17.4 Å².